The Labute approximate surface area is 115 Å². The molecule has 1 atom stereocenters. The van der Waals surface area contributed by atoms with Crippen molar-refractivity contribution in [1.82, 2.24) is 10.2 Å². The Balaban J connectivity index is 1.60. The van der Waals surface area contributed by atoms with Crippen LogP contribution in [-0.4, -0.2) is 36.5 Å². The van der Waals surface area contributed by atoms with Gasteiger partial charge in [-0.1, -0.05) is 24.3 Å². The Bertz CT molecular complexity index is 425. The molecule has 0 radical (unpaired) electrons. The van der Waals surface area contributed by atoms with Crippen LogP contribution in [0, 0.1) is 0 Å². The Morgan fingerprint density at radius 1 is 1.21 bits per heavy atom. The van der Waals surface area contributed by atoms with Crippen LogP contribution in [0.15, 0.2) is 24.3 Å². The average molecular weight is 258 g/mol. The molecule has 1 unspecified atom stereocenters. The Morgan fingerprint density at radius 3 is 2.47 bits per heavy atom. The van der Waals surface area contributed by atoms with Gasteiger partial charge in [-0.15, -0.1) is 0 Å². The summed E-state index contributed by atoms with van der Waals surface area (Å²) in [6.45, 7) is 2.83. The summed E-state index contributed by atoms with van der Waals surface area (Å²) < 4.78 is 0. The summed E-state index contributed by atoms with van der Waals surface area (Å²) in [7, 11) is 0. The fourth-order valence-electron chi connectivity index (χ4n) is 3.19. The first-order valence-corrected chi connectivity index (χ1v) is 7.41. The van der Waals surface area contributed by atoms with Gasteiger partial charge in [0.15, 0.2) is 0 Å². The fourth-order valence-corrected chi connectivity index (χ4v) is 3.19. The molecule has 1 N–H and O–H groups in total. The number of carbonyl (C=O) groups excluding carboxylic acids is 1. The lowest BCUT2D eigenvalue weighted by Crippen LogP contribution is -2.37. The molecule has 1 aromatic rings. The summed E-state index contributed by atoms with van der Waals surface area (Å²) in [6.07, 6.45) is 5.04. The number of rotatable bonds is 2. The molecule has 1 saturated heterocycles. The van der Waals surface area contributed by atoms with Crippen LogP contribution in [0.25, 0.3) is 0 Å². The summed E-state index contributed by atoms with van der Waals surface area (Å²) >= 11 is 0. The molecule has 1 amide bonds. The van der Waals surface area contributed by atoms with Crippen molar-refractivity contribution in [2.75, 3.05) is 19.6 Å². The molecule has 2 aliphatic heterocycles. The average Bonchev–Trinajstić information content (AvgIpc) is 2.83. The summed E-state index contributed by atoms with van der Waals surface area (Å²) in [6, 6.07) is 9.00. The van der Waals surface area contributed by atoms with Crippen molar-refractivity contribution in [3.05, 3.63) is 35.4 Å². The minimum absolute atomic E-state index is 0.326. The lowest BCUT2D eigenvalue weighted by molar-refractivity contribution is -0.131. The summed E-state index contributed by atoms with van der Waals surface area (Å²) in [5.74, 6) is 0.326. The molecule has 19 heavy (non-hydrogen) atoms. The monoisotopic (exact) mass is 258 g/mol. The van der Waals surface area contributed by atoms with Gasteiger partial charge in [0.05, 0.1) is 0 Å². The van der Waals surface area contributed by atoms with Crippen molar-refractivity contribution in [3.8, 4) is 0 Å². The highest BCUT2D eigenvalue weighted by Crippen LogP contribution is 2.17. The zero-order chi connectivity index (χ0) is 13.1. The number of hydrogen-bond donors (Lipinski definition) is 1. The van der Waals surface area contributed by atoms with Crippen LogP contribution in [0.4, 0.5) is 0 Å². The van der Waals surface area contributed by atoms with Crippen LogP contribution >= 0.6 is 0 Å². The Kier molecular flexibility index (Phi) is 3.83. The van der Waals surface area contributed by atoms with Gasteiger partial charge in [0.1, 0.15) is 0 Å². The van der Waals surface area contributed by atoms with E-state index in [-0.39, 0.29) is 0 Å². The van der Waals surface area contributed by atoms with E-state index in [0.29, 0.717) is 18.4 Å². The zero-order valence-corrected chi connectivity index (χ0v) is 11.4. The number of amides is 1. The maximum absolute atomic E-state index is 12.3. The van der Waals surface area contributed by atoms with Gasteiger partial charge in [0.2, 0.25) is 5.91 Å². The first-order valence-electron chi connectivity index (χ1n) is 7.41. The van der Waals surface area contributed by atoms with Crippen molar-refractivity contribution >= 4 is 5.91 Å². The highest BCUT2D eigenvalue weighted by Gasteiger charge is 2.23. The largest absolute Gasteiger partial charge is 0.342 e. The summed E-state index contributed by atoms with van der Waals surface area (Å²) in [5.41, 5.74) is 2.83. The van der Waals surface area contributed by atoms with Gasteiger partial charge in [0, 0.05) is 25.6 Å². The number of nitrogens with zero attached hydrogens (tertiary/aromatic N) is 1. The molecule has 0 aromatic heterocycles. The Morgan fingerprint density at radius 2 is 1.89 bits per heavy atom. The van der Waals surface area contributed by atoms with Crippen LogP contribution in [-0.2, 0) is 17.6 Å². The first-order chi connectivity index (χ1) is 9.33. The standard InChI is InChI=1S/C16H22N2O/c19-16(12-15-6-3-9-17-15)18-10-7-13-4-1-2-5-14(13)8-11-18/h1-2,4-5,15,17H,3,6-12H2. The van der Waals surface area contributed by atoms with E-state index in [1.165, 1.54) is 17.5 Å². The molecule has 0 spiro atoms. The molecule has 0 aliphatic carbocycles. The highest BCUT2D eigenvalue weighted by molar-refractivity contribution is 5.77. The number of fused-ring (bicyclic) bond motifs is 1. The third-order valence-corrected chi connectivity index (χ3v) is 4.36. The van der Waals surface area contributed by atoms with Gasteiger partial charge in [-0.3, -0.25) is 4.79 Å². The van der Waals surface area contributed by atoms with Crippen molar-refractivity contribution in [1.29, 1.82) is 0 Å². The lowest BCUT2D eigenvalue weighted by atomic mass is 10.0. The van der Waals surface area contributed by atoms with E-state index in [2.05, 4.69) is 34.5 Å². The van der Waals surface area contributed by atoms with Crippen molar-refractivity contribution in [2.24, 2.45) is 0 Å². The normalized spacial score (nSPS) is 22.9. The number of benzene rings is 1. The van der Waals surface area contributed by atoms with Gasteiger partial charge >= 0.3 is 0 Å². The van der Waals surface area contributed by atoms with Gasteiger partial charge in [-0.05, 0) is 43.4 Å². The van der Waals surface area contributed by atoms with Crippen LogP contribution in [0.1, 0.15) is 30.4 Å². The number of carbonyl (C=O) groups is 1. The van der Waals surface area contributed by atoms with Crippen molar-refractivity contribution < 1.29 is 4.79 Å². The second kappa shape index (κ2) is 5.74. The van der Waals surface area contributed by atoms with Gasteiger partial charge in [-0.2, -0.15) is 0 Å². The maximum atomic E-state index is 12.3. The summed E-state index contributed by atoms with van der Waals surface area (Å²) in [5, 5.41) is 3.41. The SMILES string of the molecule is O=C(CC1CCCN1)N1CCc2ccccc2CC1. The van der Waals surface area contributed by atoms with Crippen molar-refractivity contribution in [2.45, 2.75) is 38.1 Å². The van der Waals surface area contributed by atoms with Crippen LogP contribution in [0.2, 0.25) is 0 Å². The quantitative estimate of drug-likeness (QED) is 0.876. The van der Waals surface area contributed by atoms with E-state index >= 15 is 0 Å². The molecule has 3 heteroatoms. The van der Waals surface area contributed by atoms with E-state index in [0.717, 1.165) is 38.9 Å². The number of hydrogen-bond acceptors (Lipinski definition) is 2. The molecule has 102 valence electrons. The third-order valence-electron chi connectivity index (χ3n) is 4.36. The van der Waals surface area contributed by atoms with Gasteiger partial charge in [0.25, 0.3) is 0 Å². The maximum Gasteiger partial charge on any atom is 0.224 e. The molecular formula is C16H22N2O. The first kappa shape index (κ1) is 12.7. The molecule has 2 heterocycles. The zero-order valence-electron chi connectivity index (χ0n) is 11.4. The van der Waals surface area contributed by atoms with E-state index in [1.54, 1.807) is 0 Å². The second-order valence-corrected chi connectivity index (χ2v) is 5.65. The van der Waals surface area contributed by atoms with E-state index in [9.17, 15) is 4.79 Å². The number of nitrogens with one attached hydrogen (secondary N) is 1. The summed E-state index contributed by atoms with van der Waals surface area (Å²) in [4.78, 5) is 14.4. The predicted octanol–water partition coefficient (Wildman–Crippen LogP) is 1.76. The molecule has 3 nitrogen and oxygen atoms in total. The smallest absolute Gasteiger partial charge is 0.224 e. The third kappa shape index (κ3) is 2.98. The van der Waals surface area contributed by atoms with Crippen LogP contribution < -0.4 is 5.32 Å². The molecular weight excluding hydrogens is 236 g/mol. The van der Waals surface area contributed by atoms with Crippen molar-refractivity contribution in [3.63, 3.8) is 0 Å². The highest BCUT2D eigenvalue weighted by atomic mass is 16.2. The topological polar surface area (TPSA) is 32.3 Å². The van der Waals surface area contributed by atoms with Crippen LogP contribution in [0.3, 0.4) is 0 Å². The van der Waals surface area contributed by atoms with Gasteiger partial charge < -0.3 is 10.2 Å². The molecule has 1 fully saturated rings. The van der Waals surface area contributed by atoms with Crippen LogP contribution in [0.5, 0.6) is 0 Å². The van der Waals surface area contributed by atoms with E-state index < -0.39 is 0 Å². The molecule has 2 aliphatic rings. The predicted molar refractivity (Wildman–Crippen MR) is 76.1 cm³/mol. The molecule has 0 saturated carbocycles. The molecule has 3 rings (SSSR count). The van der Waals surface area contributed by atoms with E-state index in [4.69, 9.17) is 0 Å². The molecule has 1 aromatic carbocycles. The fraction of sp³-hybridized carbons (Fsp3) is 0.562. The van der Waals surface area contributed by atoms with Gasteiger partial charge in [-0.25, -0.2) is 0 Å². The van der Waals surface area contributed by atoms with E-state index in [1.807, 2.05) is 0 Å². The molecule has 0 bridgehead atoms. The second-order valence-electron chi connectivity index (χ2n) is 5.65. The minimum Gasteiger partial charge on any atom is -0.342 e. The minimum atomic E-state index is 0.326. The Hall–Kier alpha value is -1.35. The lowest BCUT2D eigenvalue weighted by Gasteiger charge is -2.22.